The number of aliphatic hydroxyl groups is 1. The predicted molar refractivity (Wildman–Crippen MR) is 107 cm³/mol. The number of hydrogen-bond donors (Lipinski definition) is 4. The summed E-state index contributed by atoms with van der Waals surface area (Å²) in [6.45, 7) is 5.12. The van der Waals surface area contributed by atoms with Gasteiger partial charge in [0.2, 0.25) is 10.0 Å². The Kier molecular flexibility index (Phi) is 7.59. The summed E-state index contributed by atoms with van der Waals surface area (Å²) >= 11 is 2.66. The molecule has 0 fully saturated rings. The number of aliphatic imine (C=N–C) groups is 1. The molecule has 2 aromatic heterocycles. The maximum Gasteiger partial charge on any atom is 0.250 e. The number of nitrogens with one attached hydrogen (secondary N) is 3. The first-order valence-electron chi connectivity index (χ1n) is 8.17. The van der Waals surface area contributed by atoms with Crippen LogP contribution in [0.3, 0.4) is 0 Å². The largest absolute Gasteiger partial charge is 0.383 e. The van der Waals surface area contributed by atoms with Gasteiger partial charge in [-0.05, 0) is 36.7 Å². The lowest BCUT2D eigenvalue weighted by Crippen LogP contribution is -2.42. The van der Waals surface area contributed by atoms with Crippen molar-refractivity contribution in [1.82, 2.24) is 15.4 Å². The number of rotatable bonds is 9. The summed E-state index contributed by atoms with van der Waals surface area (Å²) in [6.07, 6.45) is 0. The smallest absolute Gasteiger partial charge is 0.250 e. The fourth-order valence-corrected chi connectivity index (χ4v) is 4.94. The quantitative estimate of drug-likeness (QED) is 0.282. The summed E-state index contributed by atoms with van der Waals surface area (Å²) in [4.78, 5) is 5.25. The Hall–Kier alpha value is -1.46. The average Bonchev–Trinajstić information content (AvgIpc) is 3.30. The normalized spacial score (nSPS) is 14.8. The highest BCUT2D eigenvalue weighted by molar-refractivity contribution is 7.91. The molecule has 0 amide bonds. The zero-order valence-corrected chi connectivity index (χ0v) is 17.2. The molecule has 0 aliphatic carbocycles. The standard InChI is InChI=1S/C16H24N4O3S3/c1-3-17-15(19-12-16(2,21)13-6-4-10-24-13)18-8-9-20-26(22,23)14-7-5-11-25-14/h4-7,10-11,20-21H,3,8-9,12H2,1-2H3,(H2,17,18,19). The first-order valence-corrected chi connectivity index (χ1v) is 11.4. The third kappa shape index (κ3) is 6.06. The zero-order chi connectivity index (χ0) is 19.0. The molecule has 0 radical (unpaired) electrons. The van der Waals surface area contributed by atoms with E-state index in [1.165, 1.54) is 22.7 Å². The molecule has 7 nitrogen and oxygen atoms in total. The lowest BCUT2D eigenvalue weighted by Gasteiger charge is -2.20. The number of sulfonamides is 1. The third-order valence-corrected chi connectivity index (χ3v) is 7.39. The summed E-state index contributed by atoms with van der Waals surface area (Å²) in [7, 11) is -3.46. The van der Waals surface area contributed by atoms with E-state index in [1.54, 1.807) is 24.4 Å². The fourth-order valence-electron chi connectivity index (χ4n) is 2.09. The van der Waals surface area contributed by atoms with Gasteiger partial charge in [-0.25, -0.2) is 18.1 Å². The summed E-state index contributed by atoms with van der Waals surface area (Å²) in [5, 5.41) is 20.3. The minimum Gasteiger partial charge on any atom is -0.383 e. The van der Waals surface area contributed by atoms with Crippen LogP contribution in [0.2, 0.25) is 0 Å². The minimum absolute atomic E-state index is 0.198. The van der Waals surface area contributed by atoms with Crippen LogP contribution in [0.1, 0.15) is 18.7 Å². The summed E-state index contributed by atoms with van der Waals surface area (Å²) in [5.74, 6) is 0.527. The van der Waals surface area contributed by atoms with Crippen molar-refractivity contribution >= 4 is 38.7 Å². The highest BCUT2D eigenvalue weighted by atomic mass is 32.2. The van der Waals surface area contributed by atoms with Gasteiger partial charge in [0.15, 0.2) is 5.96 Å². The Balaban J connectivity index is 1.86. The van der Waals surface area contributed by atoms with Gasteiger partial charge in [0.25, 0.3) is 0 Å². The molecule has 0 saturated carbocycles. The fraction of sp³-hybridized carbons (Fsp3) is 0.438. The van der Waals surface area contributed by atoms with Crippen LogP contribution in [0.25, 0.3) is 0 Å². The number of thiophene rings is 2. The van der Waals surface area contributed by atoms with Gasteiger partial charge in [-0.2, -0.15) is 0 Å². The minimum atomic E-state index is -3.46. The summed E-state index contributed by atoms with van der Waals surface area (Å²) in [5.41, 5.74) is -1.04. The van der Waals surface area contributed by atoms with Crippen LogP contribution in [0, 0.1) is 0 Å². The highest BCUT2D eigenvalue weighted by Crippen LogP contribution is 2.25. The number of hydrogen-bond acceptors (Lipinski definition) is 6. The number of guanidine groups is 1. The van der Waals surface area contributed by atoms with E-state index in [4.69, 9.17) is 0 Å². The van der Waals surface area contributed by atoms with Crippen molar-refractivity contribution in [3.63, 3.8) is 0 Å². The monoisotopic (exact) mass is 416 g/mol. The van der Waals surface area contributed by atoms with Crippen LogP contribution in [0.5, 0.6) is 0 Å². The van der Waals surface area contributed by atoms with E-state index >= 15 is 0 Å². The average molecular weight is 417 g/mol. The van der Waals surface area contributed by atoms with Crippen LogP contribution >= 0.6 is 22.7 Å². The van der Waals surface area contributed by atoms with Gasteiger partial charge in [-0.15, -0.1) is 22.7 Å². The maximum atomic E-state index is 12.0. The Morgan fingerprint density at radius 3 is 2.54 bits per heavy atom. The second kappa shape index (κ2) is 9.47. The molecule has 144 valence electrons. The Morgan fingerprint density at radius 2 is 1.92 bits per heavy atom. The molecule has 10 heteroatoms. The first-order chi connectivity index (χ1) is 12.3. The molecule has 0 spiro atoms. The molecule has 0 aliphatic heterocycles. The van der Waals surface area contributed by atoms with E-state index in [0.717, 1.165) is 4.88 Å². The SMILES string of the molecule is CCNC(=NCC(C)(O)c1cccs1)NCCNS(=O)(=O)c1cccs1. The van der Waals surface area contributed by atoms with Crippen LogP contribution < -0.4 is 15.4 Å². The van der Waals surface area contributed by atoms with Gasteiger partial charge in [0.1, 0.15) is 9.81 Å². The molecule has 1 unspecified atom stereocenters. The zero-order valence-electron chi connectivity index (χ0n) is 14.7. The van der Waals surface area contributed by atoms with E-state index in [2.05, 4.69) is 20.3 Å². The molecule has 2 aromatic rings. The molecule has 0 bridgehead atoms. The lowest BCUT2D eigenvalue weighted by molar-refractivity contribution is 0.0711. The van der Waals surface area contributed by atoms with E-state index in [9.17, 15) is 13.5 Å². The van der Waals surface area contributed by atoms with Crippen LogP contribution in [0.4, 0.5) is 0 Å². The molecule has 4 N–H and O–H groups in total. The van der Waals surface area contributed by atoms with Gasteiger partial charge < -0.3 is 15.7 Å². The molecule has 2 heterocycles. The van der Waals surface area contributed by atoms with Gasteiger partial charge in [-0.3, -0.25) is 0 Å². The van der Waals surface area contributed by atoms with E-state index < -0.39 is 15.6 Å². The predicted octanol–water partition coefficient (Wildman–Crippen LogP) is 1.55. The van der Waals surface area contributed by atoms with Gasteiger partial charge >= 0.3 is 0 Å². The van der Waals surface area contributed by atoms with Crippen molar-refractivity contribution in [2.24, 2.45) is 4.99 Å². The first kappa shape index (κ1) is 20.8. The van der Waals surface area contributed by atoms with Crippen molar-refractivity contribution in [1.29, 1.82) is 0 Å². The van der Waals surface area contributed by atoms with Gasteiger partial charge in [0.05, 0.1) is 6.54 Å². The number of nitrogens with zero attached hydrogens (tertiary/aromatic N) is 1. The van der Waals surface area contributed by atoms with Crippen molar-refractivity contribution in [2.45, 2.75) is 23.7 Å². The lowest BCUT2D eigenvalue weighted by atomic mass is 10.1. The van der Waals surface area contributed by atoms with Crippen LogP contribution in [-0.2, 0) is 15.6 Å². The Labute approximate surface area is 162 Å². The van der Waals surface area contributed by atoms with E-state index in [0.29, 0.717) is 23.3 Å². The Morgan fingerprint density at radius 1 is 1.19 bits per heavy atom. The van der Waals surface area contributed by atoms with Crippen molar-refractivity contribution in [2.75, 3.05) is 26.2 Å². The molecular formula is C16H24N4O3S3. The highest BCUT2D eigenvalue weighted by Gasteiger charge is 2.24. The third-order valence-electron chi connectivity index (χ3n) is 3.41. The molecule has 26 heavy (non-hydrogen) atoms. The molecule has 0 aromatic carbocycles. The second-order valence-electron chi connectivity index (χ2n) is 5.70. The second-order valence-corrected chi connectivity index (χ2v) is 9.59. The van der Waals surface area contributed by atoms with Crippen molar-refractivity contribution in [3.8, 4) is 0 Å². The summed E-state index contributed by atoms with van der Waals surface area (Å²) < 4.78 is 26.9. The topological polar surface area (TPSA) is 103 Å². The molecular weight excluding hydrogens is 392 g/mol. The van der Waals surface area contributed by atoms with E-state index in [-0.39, 0.29) is 13.1 Å². The molecule has 0 aliphatic rings. The van der Waals surface area contributed by atoms with Gasteiger partial charge in [-0.1, -0.05) is 12.1 Å². The Bertz CT molecular complexity index is 785. The molecule has 0 saturated heterocycles. The van der Waals surface area contributed by atoms with Crippen molar-refractivity contribution < 1.29 is 13.5 Å². The van der Waals surface area contributed by atoms with Crippen LogP contribution in [-0.4, -0.2) is 45.7 Å². The van der Waals surface area contributed by atoms with Gasteiger partial charge in [0, 0.05) is 24.5 Å². The van der Waals surface area contributed by atoms with E-state index in [1.807, 2.05) is 24.4 Å². The van der Waals surface area contributed by atoms with Crippen molar-refractivity contribution in [3.05, 3.63) is 39.9 Å². The molecule has 2 rings (SSSR count). The summed E-state index contributed by atoms with van der Waals surface area (Å²) in [6, 6.07) is 7.03. The molecule has 1 atom stereocenters. The maximum absolute atomic E-state index is 12.0. The van der Waals surface area contributed by atoms with Crippen LogP contribution in [0.15, 0.2) is 44.2 Å².